The van der Waals surface area contributed by atoms with E-state index in [0.717, 1.165) is 55.8 Å². The van der Waals surface area contributed by atoms with E-state index in [1.807, 2.05) is 29.7 Å². The Morgan fingerprint density at radius 2 is 1.76 bits per heavy atom. The number of likely N-dealkylation sites (tertiary alicyclic amines) is 1. The molecule has 1 aromatic carbocycles. The Labute approximate surface area is 226 Å². The Balaban J connectivity index is 1.23. The van der Waals surface area contributed by atoms with Crippen LogP contribution in [0.25, 0.3) is 0 Å². The first-order chi connectivity index (χ1) is 18.3. The number of amides is 2. The van der Waals surface area contributed by atoms with Gasteiger partial charge in [0.15, 0.2) is 11.6 Å². The van der Waals surface area contributed by atoms with Crippen molar-refractivity contribution in [3.8, 4) is 0 Å². The van der Waals surface area contributed by atoms with Gasteiger partial charge in [-0.15, -0.1) is 0 Å². The molecule has 2 amide bonds. The molecule has 2 fully saturated rings. The molecule has 0 bridgehead atoms. The summed E-state index contributed by atoms with van der Waals surface area (Å²) in [6, 6.07) is 5.33. The molecule has 3 aromatic rings. The van der Waals surface area contributed by atoms with Crippen LogP contribution in [-0.4, -0.2) is 87.2 Å². The number of carbonyl (C=O) groups excluding carboxylic acids is 1. The van der Waals surface area contributed by atoms with E-state index in [-0.39, 0.29) is 29.4 Å². The number of rotatable bonds is 5. The molecule has 2 aliphatic rings. The summed E-state index contributed by atoms with van der Waals surface area (Å²) in [6.07, 6.45) is 3.08. The SMILES string of the molecule is Cc1cc(Nc2nc(Nc3cc(C)c(C4CCN(C(=O)N5CCN(C)CC5)CC4)cc3F)ncc2Cl)n[nH]1. The summed E-state index contributed by atoms with van der Waals surface area (Å²) >= 11 is 6.24. The number of nitrogens with one attached hydrogen (secondary N) is 3. The number of aromatic amines is 1. The molecule has 2 saturated heterocycles. The van der Waals surface area contributed by atoms with Gasteiger partial charge in [-0.25, -0.2) is 14.2 Å². The van der Waals surface area contributed by atoms with Crippen molar-refractivity contribution in [3.63, 3.8) is 0 Å². The number of anilines is 4. The summed E-state index contributed by atoms with van der Waals surface area (Å²) < 4.78 is 15.2. The fourth-order valence-electron chi connectivity index (χ4n) is 5.05. The standard InChI is InChI=1S/C26H33ClFN9O/c1-16-12-22(30-25-29-15-20(27)24(32-25)31-23-13-17(2)33-34-23)21(28)14-19(16)18-4-6-36(7-5-18)26(38)37-10-8-35(3)9-11-37/h12-15,18H,4-11H2,1-3H3,(H3,29,30,31,32,33,34). The molecule has 12 heteroatoms. The van der Waals surface area contributed by atoms with Gasteiger partial charge in [-0.3, -0.25) is 5.10 Å². The number of nitrogens with zero attached hydrogens (tertiary/aromatic N) is 6. The Bertz CT molecular complexity index is 1300. The van der Waals surface area contributed by atoms with Crippen molar-refractivity contribution < 1.29 is 9.18 Å². The lowest BCUT2D eigenvalue weighted by atomic mass is 9.86. The highest BCUT2D eigenvalue weighted by atomic mass is 35.5. The van der Waals surface area contributed by atoms with Gasteiger partial charge in [-0.2, -0.15) is 10.1 Å². The number of benzene rings is 1. The lowest BCUT2D eigenvalue weighted by Gasteiger charge is -2.39. The molecule has 202 valence electrons. The molecule has 10 nitrogen and oxygen atoms in total. The predicted octanol–water partition coefficient (Wildman–Crippen LogP) is 4.64. The van der Waals surface area contributed by atoms with E-state index in [4.69, 9.17) is 11.6 Å². The lowest BCUT2D eigenvalue weighted by molar-refractivity contribution is 0.113. The Morgan fingerprint density at radius 1 is 1.05 bits per heavy atom. The summed E-state index contributed by atoms with van der Waals surface area (Å²) in [4.78, 5) is 27.6. The molecule has 5 rings (SSSR count). The second-order valence-electron chi connectivity index (χ2n) is 10.1. The Kier molecular flexibility index (Phi) is 7.66. The van der Waals surface area contributed by atoms with Crippen molar-refractivity contribution in [2.45, 2.75) is 32.6 Å². The van der Waals surface area contributed by atoms with Gasteiger partial charge in [-0.05, 0) is 62.9 Å². The largest absolute Gasteiger partial charge is 0.325 e. The Hall–Kier alpha value is -3.44. The van der Waals surface area contributed by atoms with Crippen LogP contribution in [-0.2, 0) is 0 Å². The van der Waals surface area contributed by atoms with Crippen molar-refractivity contribution in [1.82, 2.24) is 34.9 Å². The predicted molar refractivity (Wildman–Crippen MR) is 146 cm³/mol. The summed E-state index contributed by atoms with van der Waals surface area (Å²) in [5, 5.41) is 13.3. The fraction of sp³-hybridized carbons (Fsp3) is 0.462. The van der Waals surface area contributed by atoms with Crippen molar-refractivity contribution in [3.05, 3.63) is 52.1 Å². The molecule has 0 radical (unpaired) electrons. The van der Waals surface area contributed by atoms with Gasteiger partial charge in [0.2, 0.25) is 5.95 Å². The molecule has 0 unspecified atom stereocenters. The number of hydrogen-bond donors (Lipinski definition) is 3. The minimum Gasteiger partial charge on any atom is -0.325 e. The van der Waals surface area contributed by atoms with Crippen LogP contribution in [0.1, 0.15) is 35.6 Å². The number of likely N-dealkylation sites (N-methyl/N-ethyl adjacent to an activating group) is 1. The molecule has 2 aliphatic heterocycles. The lowest BCUT2D eigenvalue weighted by Crippen LogP contribution is -2.53. The summed E-state index contributed by atoms with van der Waals surface area (Å²) in [5.74, 6) is 0.970. The topological polar surface area (TPSA) is 105 Å². The number of halogens is 2. The maximum Gasteiger partial charge on any atom is 0.320 e. The number of aryl methyl sites for hydroxylation is 2. The van der Waals surface area contributed by atoms with E-state index in [0.29, 0.717) is 29.7 Å². The number of urea groups is 1. The van der Waals surface area contributed by atoms with Gasteiger partial charge in [0.1, 0.15) is 10.8 Å². The van der Waals surface area contributed by atoms with Gasteiger partial charge in [0, 0.05) is 51.0 Å². The zero-order chi connectivity index (χ0) is 26.8. The second-order valence-corrected chi connectivity index (χ2v) is 10.5. The zero-order valence-electron chi connectivity index (χ0n) is 21.9. The van der Waals surface area contributed by atoms with E-state index < -0.39 is 0 Å². The number of piperazine rings is 1. The average molecular weight is 542 g/mol. The van der Waals surface area contributed by atoms with E-state index in [2.05, 4.69) is 42.7 Å². The van der Waals surface area contributed by atoms with Gasteiger partial charge in [0.05, 0.1) is 11.9 Å². The first-order valence-corrected chi connectivity index (χ1v) is 13.3. The third kappa shape index (κ3) is 5.83. The molecule has 2 aromatic heterocycles. The van der Waals surface area contributed by atoms with Crippen LogP contribution in [0.3, 0.4) is 0 Å². The number of piperidine rings is 1. The number of aromatic nitrogens is 4. The van der Waals surface area contributed by atoms with Crippen LogP contribution < -0.4 is 10.6 Å². The number of H-pyrrole nitrogens is 1. The zero-order valence-corrected chi connectivity index (χ0v) is 22.6. The first kappa shape index (κ1) is 26.2. The highest BCUT2D eigenvalue weighted by Gasteiger charge is 2.29. The van der Waals surface area contributed by atoms with Crippen molar-refractivity contribution in [1.29, 1.82) is 0 Å². The Morgan fingerprint density at radius 3 is 2.45 bits per heavy atom. The monoisotopic (exact) mass is 541 g/mol. The molecule has 3 N–H and O–H groups in total. The van der Waals surface area contributed by atoms with E-state index in [9.17, 15) is 4.79 Å². The second kappa shape index (κ2) is 11.1. The molecule has 0 aliphatic carbocycles. The van der Waals surface area contributed by atoms with Crippen LogP contribution in [0.5, 0.6) is 0 Å². The molecular weight excluding hydrogens is 509 g/mol. The number of hydrogen-bond acceptors (Lipinski definition) is 7. The quantitative estimate of drug-likeness (QED) is 0.432. The molecular formula is C26H33ClFN9O. The third-order valence-corrected chi connectivity index (χ3v) is 7.55. The van der Waals surface area contributed by atoms with Gasteiger partial charge in [0.25, 0.3) is 0 Å². The third-order valence-electron chi connectivity index (χ3n) is 7.28. The summed E-state index contributed by atoms with van der Waals surface area (Å²) in [5.41, 5.74) is 3.14. The smallest absolute Gasteiger partial charge is 0.320 e. The van der Waals surface area contributed by atoms with Crippen LogP contribution in [0.4, 0.5) is 32.5 Å². The van der Waals surface area contributed by atoms with Crippen molar-refractivity contribution >= 4 is 40.9 Å². The molecule has 4 heterocycles. The number of carbonyl (C=O) groups is 1. The van der Waals surface area contributed by atoms with Crippen molar-refractivity contribution in [2.75, 3.05) is 56.9 Å². The van der Waals surface area contributed by atoms with Crippen LogP contribution >= 0.6 is 11.6 Å². The van der Waals surface area contributed by atoms with E-state index in [1.54, 1.807) is 12.1 Å². The van der Waals surface area contributed by atoms with Crippen LogP contribution in [0.15, 0.2) is 24.4 Å². The minimum absolute atomic E-state index is 0.123. The van der Waals surface area contributed by atoms with Gasteiger partial charge in [-0.1, -0.05) is 11.6 Å². The van der Waals surface area contributed by atoms with Crippen LogP contribution in [0, 0.1) is 19.7 Å². The highest BCUT2D eigenvalue weighted by Crippen LogP contribution is 2.34. The maximum atomic E-state index is 15.2. The molecule has 38 heavy (non-hydrogen) atoms. The first-order valence-electron chi connectivity index (χ1n) is 12.9. The van der Waals surface area contributed by atoms with E-state index in [1.165, 1.54) is 6.20 Å². The van der Waals surface area contributed by atoms with Crippen LogP contribution in [0.2, 0.25) is 5.02 Å². The maximum absolute atomic E-state index is 15.2. The van der Waals surface area contributed by atoms with Gasteiger partial charge >= 0.3 is 6.03 Å². The molecule has 0 saturated carbocycles. The van der Waals surface area contributed by atoms with Crippen molar-refractivity contribution in [2.24, 2.45) is 0 Å². The normalized spacial score (nSPS) is 17.1. The van der Waals surface area contributed by atoms with E-state index >= 15 is 4.39 Å². The average Bonchev–Trinajstić information content (AvgIpc) is 3.32. The molecule has 0 atom stereocenters. The minimum atomic E-state index is -0.377. The fourth-order valence-corrected chi connectivity index (χ4v) is 5.19. The summed E-state index contributed by atoms with van der Waals surface area (Å²) in [6.45, 7) is 8.59. The molecule has 0 spiro atoms. The summed E-state index contributed by atoms with van der Waals surface area (Å²) in [7, 11) is 2.08. The highest BCUT2D eigenvalue weighted by molar-refractivity contribution is 6.32. The van der Waals surface area contributed by atoms with Gasteiger partial charge < -0.3 is 25.3 Å².